The number of pyridine rings is 1. The normalized spacial score (nSPS) is 12.3. The molecule has 2 aromatic carbocycles. The van der Waals surface area contributed by atoms with Crippen LogP contribution in [0.1, 0.15) is 15.9 Å². The number of halogens is 1. The lowest BCUT2D eigenvalue weighted by molar-refractivity contribution is -0.119. The second-order valence-electron chi connectivity index (χ2n) is 6.59. The van der Waals surface area contributed by atoms with Crippen molar-refractivity contribution in [1.29, 1.82) is 0 Å². The predicted molar refractivity (Wildman–Crippen MR) is 112 cm³/mol. The van der Waals surface area contributed by atoms with Gasteiger partial charge in [-0.05, 0) is 48.0 Å². The molecule has 1 aromatic heterocycles. The number of carbonyl (C=O) groups excluding carboxylic acids is 2. The van der Waals surface area contributed by atoms with E-state index < -0.39 is 5.91 Å². The third kappa shape index (κ3) is 4.06. The first-order valence-electron chi connectivity index (χ1n) is 9.19. The summed E-state index contributed by atoms with van der Waals surface area (Å²) in [5.41, 5.74) is 1.55. The molecule has 2 amide bonds. The van der Waals surface area contributed by atoms with Gasteiger partial charge in [0.2, 0.25) is 11.8 Å². The highest BCUT2D eigenvalue weighted by molar-refractivity contribution is 6.31. The van der Waals surface area contributed by atoms with Gasteiger partial charge in [0.25, 0.3) is 5.91 Å². The number of methoxy groups -OCH3 is 1. The van der Waals surface area contributed by atoms with E-state index in [-0.39, 0.29) is 23.9 Å². The smallest absolute Gasteiger partial charge is 0.264 e. The fraction of sp³-hybridized carbons (Fsp3) is 0.136. The Morgan fingerprint density at radius 2 is 2.07 bits per heavy atom. The zero-order chi connectivity index (χ0) is 21.1. The lowest BCUT2D eigenvalue weighted by Gasteiger charge is -2.21. The topological polar surface area (TPSA) is 80.8 Å². The molecule has 0 atom stereocenters. The number of rotatable bonds is 5. The van der Waals surface area contributed by atoms with Crippen LogP contribution in [0.3, 0.4) is 0 Å². The maximum atomic E-state index is 13.2. The Hall–Kier alpha value is -3.58. The molecule has 1 N–H and O–H groups in total. The summed E-state index contributed by atoms with van der Waals surface area (Å²) in [6.45, 7) is 0.100. The number of anilines is 1. The molecule has 0 aliphatic carbocycles. The second kappa shape index (κ2) is 8.42. The summed E-state index contributed by atoms with van der Waals surface area (Å²) in [6, 6.07) is 15.5. The molecule has 0 unspecified atom stereocenters. The van der Waals surface area contributed by atoms with Gasteiger partial charge >= 0.3 is 0 Å². The van der Waals surface area contributed by atoms with Crippen molar-refractivity contribution in [3.63, 3.8) is 0 Å². The summed E-state index contributed by atoms with van der Waals surface area (Å²) in [4.78, 5) is 31.3. The molecular weight excluding hydrogens is 406 g/mol. The van der Waals surface area contributed by atoms with Crippen LogP contribution < -0.4 is 19.7 Å². The second-order valence-corrected chi connectivity index (χ2v) is 7.03. The van der Waals surface area contributed by atoms with E-state index in [0.717, 1.165) is 5.56 Å². The summed E-state index contributed by atoms with van der Waals surface area (Å²) in [6.07, 6.45) is 1.54. The molecule has 7 nitrogen and oxygen atoms in total. The van der Waals surface area contributed by atoms with Crippen LogP contribution in [0.4, 0.5) is 5.69 Å². The van der Waals surface area contributed by atoms with E-state index in [9.17, 15) is 9.59 Å². The van der Waals surface area contributed by atoms with Crippen LogP contribution in [0.15, 0.2) is 60.8 Å². The van der Waals surface area contributed by atoms with Gasteiger partial charge in [0.1, 0.15) is 17.9 Å². The molecule has 2 heterocycles. The highest BCUT2D eigenvalue weighted by Crippen LogP contribution is 2.39. The van der Waals surface area contributed by atoms with E-state index >= 15 is 0 Å². The Morgan fingerprint density at radius 3 is 2.90 bits per heavy atom. The molecule has 0 fully saturated rings. The van der Waals surface area contributed by atoms with Gasteiger partial charge in [-0.2, -0.15) is 0 Å². The third-order valence-corrected chi connectivity index (χ3v) is 4.83. The van der Waals surface area contributed by atoms with Crippen molar-refractivity contribution in [2.45, 2.75) is 6.54 Å². The van der Waals surface area contributed by atoms with E-state index in [1.54, 1.807) is 37.4 Å². The molecule has 0 radical (unpaired) electrons. The number of benzene rings is 2. The van der Waals surface area contributed by atoms with Crippen LogP contribution in [0.25, 0.3) is 0 Å². The van der Waals surface area contributed by atoms with E-state index in [0.29, 0.717) is 28.8 Å². The van der Waals surface area contributed by atoms with Crippen LogP contribution in [-0.4, -0.2) is 30.5 Å². The summed E-state index contributed by atoms with van der Waals surface area (Å²) >= 11 is 6.14. The van der Waals surface area contributed by atoms with Crippen molar-refractivity contribution in [2.75, 3.05) is 18.6 Å². The van der Waals surface area contributed by atoms with Crippen LogP contribution in [-0.2, 0) is 11.3 Å². The Balaban J connectivity index is 1.58. The van der Waals surface area contributed by atoms with E-state index in [1.807, 2.05) is 24.3 Å². The number of fused-ring (bicyclic) bond motifs is 2. The zero-order valence-corrected chi connectivity index (χ0v) is 16.8. The van der Waals surface area contributed by atoms with Gasteiger partial charge < -0.3 is 14.8 Å². The molecule has 1 aliphatic rings. The van der Waals surface area contributed by atoms with Crippen LogP contribution in [0.2, 0.25) is 5.02 Å². The molecule has 3 aromatic rings. The van der Waals surface area contributed by atoms with Gasteiger partial charge in [-0.25, -0.2) is 4.98 Å². The fourth-order valence-corrected chi connectivity index (χ4v) is 3.29. The first-order chi connectivity index (χ1) is 14.5. The molecule has 0 saturated heterocycles. The first kappa shape index (κ1) is 19.7. The maximum Gasteiger partial charge on any atom is 0.264 e. The van der Waals surface area contributed by atoms with Crippen molar-refractivity contribution in [3.8, 4) is 17.4 Å². The minimum Gasteiger partial charge on any atom is -0.497 e. The monoisotopic (exact) mass is 423 g/mol. The Bertz CT molecular complexity index is 1120. The summed E-state index contributed by atoms with van der Waals surface area (Å²) in [7, 11) is 1.58. The fourth-order valence-electron chi connectivity index (χ4n) is 3.12. The largest absolute Gasteiger partial charge is 0.497 e. The Kier molecular flexibility index (Phi) is 5.54. The van der Waals surface area contributed by atoms with Gasteiger partial charge in [0.05, 0.1) is 12.8 Å². The molecule has 0 bridgehead atoms. The molecule has 4 rings (SSSR count). The highest BCUT2D eigenvalue weighted by atomic mass is 35.5. The van der Waals surface area contributed by atoms with Crippen molar-refractivity contribution < 1.29 is 19.1 Å². The number of ether oxygens (including phenoxy) is 2. The van der Waals surface area contributed by atoms with E-state index in [4.69, 9.17) is 21.1 Å². The van der Waals surface area contributed by atoms with Gasteiger partial charge in [-0.15, -0.1) is 0 Å². The Labute approximate surface area is 178 Å². The Morgan fingerprint density at radius 1 is 1.20 bits per heavy atom. The number of aromatic nitrogens is 1. The van der Waals surface area contributed by atoms with Crippen molar-refractivity contribution in [1.82, 2.24) is 10.3 Å². The number of hydrogen-bond donors (Lipinski definition) is 1. The quantitative estimate of drug-likeness (QED) is 0.674. The van der Waals surface area contributed by atoms with Crippen molar-refractivity contribution >= 4 is 29.1 Å². The van der Waals surface area contributed by atoms with Gasteiger partial charge in [-0.1, -0.05) is 23.7 Å². The van der Waals surface area contributed by atoms with Gasteiger partial charge in [0.15, 0.2) is 5.75 Å². The van der Waals surface area contributed by atoms with Gasteiger partial charge in [0, 0.05) is 17.8 Å². The predicted octanol–water partition coefficient (Wildman–Crippen LogP) is 3.81. The minimum absolute atomic E-state index is 0.186. The lowest BCUT2D eigenvalue weighted by atomic mass is 10.2. The number of hydrogen-bond acceptors (Lipinski definition) is 5. The van der Waals surface area contributed by atoms with E-state index in [2.05, 4.69) is 10.3 Å². The molecule has 152 valence electrons. The van der Waals surface area contributed by atoms with Crippen LogP contribution in [0, 0.1) is 0 Å². The first-order valence-corrected chi connectivity index (χ1v) is 9.57. The minimum atomic E-state index is -0.393. The van der Waals surface area contributed by atoms with E-state index in [1.165, 1.54) is 11.1 Å². The summed E-state index contributed by atoms with van der Waals surface area (Å²) < 4.78 is 11.0. The van der Waals surface area contributed by atoms with Crippen molar-refractivity contribution in [3.05, 3.63) is 76.9 Å². The molecule has 1 aliphatic heterocycles. The van der Waals surface area contributed by atoms with Gasteiger partial charge in [-0.3, -0.25) is 14.5 Å². The standard InChI is InChI=1S/C22H18ClN3O4/c1-29-16-5-2-4-14(10-16)12-25-20(27)13-26-18-11-15(23)7-8-19(18)30-21-17(22(26)28)6-3-9-24-21/h2-11H,12-13H2,1H3,(H,25,27). The summed E-state index contributed by atoms with van der Waals surface area (Å²) in [5.74, 6) is 0.561. The number of amides is 2. The molecular formula is C22H18ClN3O4. The average molecular weight is 424 g/mol. The van der Waals surface area contributed by atoms with Crippen molar-refractivity contribution in [2.24, 2.45) is 0 Å². The highest BCUT2D eigenvalue weighted by Gasteiger charge is 2.30. The average Bonchev–Trinajstić information content (AvgIpc) is 2.87. The number of carbonyl (C=O) groups is 2. The molecule has 0 saturated carbocycles. The lowest BCUT2D eigenvalue weighted by Crippen LogP contribution is -2.40. The maximum absolute atomic E-state index is 13.2. The molecule has 0 spiro atoms. The number of nitrogens with one attached hydrogen (secondary N) is 1. The third-order valence-electron chi connectivity index (χ3n) is 4.59. The SMILES string of the molecule is COc1cccc(CNC(=O)CN2C(=O)c3cccnc3Oc3ccc(Cl)cc32)c1. The number of nitrogens with zero attached hydrogens (tertiary/aromatic N) is 2. The van der Waals surface area contributed by atoms with Crippen LogP contribution >= 0.6 is 11.6 Å². The summed E-state index contributed by atoms with van der Waals surface area (Å²) in [5, 5.41) is 3.25. The molecule has 8 heteroatoms. The zero-order valence-electron chi connectivity index (χ0n) is 16.1. The molecule has 30 heavy (non-hydrogen) atoms. The van der Waals surface area contributed by atoms with Crippen LogP contribution in [0.5, 0.6) is 17.4 Å².